The van der Waals surface area contributed by atoms with Crippen LogP contribution < -0.4 is 5.30 Å². The van der Waals surface area contributed by atoms with Gasteiger partial charge in [0.15, 0.2) is 7.15 Å². The van der Waals surface area contributed by atoms with Gasteiger partial charge in [-0.2, -0.15) is 0 Å². The van der Waals surface area contributed by atoms with Crippen molar-refractivity contribution in [1.82, 2.24) is 0 Å². The number of rotatable bonds is 1. The molecular weight excluding hydrogens is 195 g/mol. The molecule has 2 nitrogen and oxygen atoms in total. The first-order chi connectivity index (χ1) is 5.77. The number of halogens is 1. The van der Waals surface area contributed by atoms with Crippen molar-refractivity contribution in [2.45, 2.75) is 0 Å². The average Bonchev–Trinajstić information content (AvgIpc) is 2.49. The van der Waals surface area contributed by atoms with Crippen molar-refractivity contribution in [3.8, 4) is 0 Å². The monoisotopic (exact) mass is 200 g/mol. The summed E-state index contributed by atoms with van der Waals surface area (Å²) in [5, 5.41) is 1.64. The van der Waals surface area contributed by atoms with Crippen LogP contribution in [0.4, 0.5) is 0 Å². The van der Waals surface area contributed by atoms with E-state index in [4.69, 9.17) is 15.7 Å². The first-order valence-corrected chi connectivity index (χ1v) is 5.86. The highest BCUT2D eigenvalue weighted by atomic mass is 35.7. The standard InChI is InChI=1S/C8H6ClO2P/c9-12(10)7-2-1-6-3-4-11-8(6)5-7/h1-5,12H. The van der Waals surface area contributed by atoms with Gasteiger partial charge in [-0.15, -0.1) is 0 Å². The van der Waals surface area contributed by atoms with E-state index in [-0.39, 0.29) is 0 Å². The van der Waals surface area contributed by atoms with Crippen molar-refractivity contribution in [3.63, 3.8) is 0 Å². The van der Waals surface area contributed by atoms with E-state index in [1.54, 1.807) is 18.4 Å². The normalized spacial score (nSPS) is 13.4. The molecule has 2 aromatic rings. The predicted molar refractivity (Wildman–Crippen MR) is 50.7 cm³/mol. The molecule has 0 fully saturated rings. The van der Waals surface area contributed by atoms with E-state index >= 15 is 0 Å². The van der Waals surface area contributed by atoms with Crippen molar-refractivity contribution in [1.29, 1.82) is 0 Å². The van der Waals surface area contributed by atoms with Gasteiger partial charge in [0.05, 0.1) is 6.26 Å². The van der Waals surface area contributed by atoms with Crippen LogP contribution in [0, 0.1) is 0 Å². The molecule has 62 valence electrons. The Labute approximate surface area is 74.7 Å². The van der Waals surface area contributed by atoms with E-state index in [0.29, 0.717) is 5.30 Å². The summed E-state index contributed by atoms with van der Waals surface area (Å²) in [6.07, 6.45) is 1.60. The lowest BCUT2D eigenvalue weighted by molar-refractivity contribution is 0.600. The van der Waals surface area contributed by atoms with Crippen LogP contribution in [0.2, 0.25) is 0 Å². The molecule has 0 saturated carbocycles. The summed E-state index contributed by atoms with van der Waals surface area (Å²) in [4.78, 5) is 0. The molecule has 2 rings (SSSR count). The van der Waals surface area contributed by atoms with Crippen LogP contribution in [0.3, 0.4) is 0 Å². The summed E-state index contributed by atoms with van der Waals surface area (Å²) in [6, 6.07) is 7.17. The number of fused-ring (bicyclic) bond motifs is 1. The first kappa shape index (κ1) is 7.90. The van der Waals surface area contributed by atoms with Crippen molar-refractivity contribution in [2.75, 3.05) is 0 Å². The Bertz CT molecular complexity index is 435. The van der Waals surface area contributed by atoms with Gasteiger partial charge in [-0.3, -0.25) is 0 Å². The number of hydrogen-bond donors (Lipinski definition) is 0. The van der Waals surface area contributed by atoms with Crippen LogP contribution in [0.25, 0.3) is 11.0 Å². The number of furan rings is 1. The minimum Gasteiger partial charge on any atom is -0.464 e. The molecule has 12 heavy (non-hydrogen) atoms. The van der Waals surface area contributed by atoms with Gasteiger partial charge in [0.25, 0.3) is 0 Å². The highest BCUT2D eigenvalue weighted by Gasteiger charge is 2.01. The fraction of sp³-hybridized carbons (Fsp3) is 0. The van der Waals surface area contributed by atoms with Crippen LogP contribution in [0.15, 0.2) is 34.9 Å². The quantitative estimate of drug-likeness (QED) is 0.663. The zero-order valence-electron chi connectivity index (χ0n) is 6.08. The minimum atomic E-state index is -2.12. The molecule has 0 N–H and O–H groups in total. The molecule has 1 unspecified atom stereocenters. The van der Waals surface area contributed by atoms with Crippen molar-refractivity contribution < 1.29 is 8.98 Å². The first-order valence-electron chi connectivity index (χ1n) is 3.44. The highest BCUT2D eigenvalue weighted by molar-refractivity contribution is 7.80. The Kier molecular flexibility index (Phi) is 1.95. The van der Waals surface area contributed by atoms with Crippen molar-refractivity contribution in [3.05, 3.63) is 30.5 Å². The second kappa shape index (κ2) is 2.96. The Morgan fingerprint density at radius 2 is 2.17 bits per heavy atom. The summed E-state index contributed by atoms with van der Waals surface area (Å²) in [5.41, 5.74) is 0.728. The predicted octanol–water partition coefficient (Wildman–Crippen LogP) is 2.77. The molecule has 0 amide bonds. The summed E-state index contributed by atoms with van der Waals surface area (Å²) < 4.78 is 16.0. The summed E-state index contributed by atoms with van der Waals surface area (Å²) >= 11 is 5.48. The largest absolute Gasteiger partial charge is 0.464 e. The van der Waals surface area contributed by atoms with Crippen molar-refractivity contribution in [2.24, 2.45) is 0 Å². The smallest absolute Gasteiger partial charge is 0.186 e. The molecule has 0 aliphatic carbocycles. The molecule has 0 spiro atoms. The second-order valence-corrected chi connectivity index (χ2v) is 4.60. The van der Waals surface area contributed by atoms with Crippen LogP contribution in [0.5, 0.6) is 0 Å². The number of benzene rings is 1. The van der Waals surface area contributed by atoms with E-state index in [1.807, 2.05) is 12.1 Å². The molecule has 0 bridgehead atoms. The van der Waals surface area contributed by atoms with Crippen molar-refractivity contribution >= 4 is 34.7 Å². The molecule has 1 atom stereocenters. The maximum absolute atomic E-state index is 10.9. The van der Waals surface area contributed by atoms with Gasteiger partial charge in [0, 0.05) is 10.7 Å². The van der Waals surface area contributed by atoms with Gasteiger partial charge in [-0.25, -0.2) is 0 Å². The third-order valence-corrected chi connectivity index (χ3v) is 3.10. The Morgan fingerprint density at radius 3 is 2.92 bits per heavy atom. The zero-order valence-corrected chi connectivity index (χ0v) is 7.84. The molecule has 0 saturated heterocycles. The molecule has 4 heteroatoms. The lowest BCUT2D eigenvalue weighted by Gasteiger charge is -1.92. The third-order valence-electron chi connectivity index (χ3n) is 1.68. The highest BCUT2D eigenvalue weighted by Crippen LogP contribution is 2.27. The molecule has 0 aliphatic heterocycles. The van der Waals surface area contributed by atoms with E-state index < -0.39 is 7.15 Å². The molecule has 1 aromatic heterocycles. The van der Waals surface area contributed by atoms with E-state index in [2.05, 4.69) is 0 Å². The zero-order chi connectivity index (χ0) is 8.55. The van der Waals surface area contributed by atoms with Gasteiger partial charge in [0.2, 0.25) is 0 Å². The lowest BCUT2D eigenvalue weighted by atomic mass is 10.3. The molecule has 0 radical (unpaired) electrons. The second-order valence-electron chi connectivity index (χ2n) is 2.45. The van der Waals surface area contributed by atoms with E-state index in [1.165, 1.54) is 0 Å². The topological polar surface area (TPSA) is 30.2 Å². The fourth-order valence-electron chi connectivity index (χ4n) is 1.08. The SMILES string of the molecule is O=[PH](Cl)c1ccc2ccoc2c1. The molecule has 1 aromatic carbocycles. The van der Waals surface area contributed by atoms with Gasteiger partial charge >= 0.3 is 0 Å². The van der Waals surface area contributed by atoms with Gasteiger partial charge in [-0.05, 0) is 18.2 Å². The minimum absolute atomic E-state index is 0.643. The number of hydrogen-bond acceptors (Lipinski definition) is 2. The van der Waals surface area contributed by atoms with Crippen LogP contribution in [0.1, 0.15) is 0 Å². The maximum Gasteiger partial charge on any atom is 0.186 e. The van der Waals surface area contributed by atoms with Crippen LogP contribution in [-0.4, -0.2) is 0 Å². The third kappa shape index (κ3) is 1.28. The summed E-state index contributed by atoms with van der Waals surface area (Å²) in [7, 11) is -2.12. The Hall–Kier alpha value is -0.720. The van der Waals surface area contributed by atoms with E-state index in [0.717, 1.165) is 11.0 Å². The molecular formula is C8H6ClO2P. The molecule has 1 heterocycles. The van der Waals surface area contributed by atoms with Crippen LogP contribution >= 0.6 is 18.4 Å². The van der Waals surface area contributed by atoms with Crippen LogP contribution in [-0.2, 0) is 4.57 Å². The van der Waals surface area contributed by atoms with Gasteiger partial charge < -0.3 is 8.98 Å². The fourth-order valence-corrected chi connectivity index (χ4v) is 1.89. The Morgan fingerprint density at radius 1 is 1.33 bits per heavy atom. The lowest BCUT2D eigenvalue weighted by Crippen LogP contribution is -1.90. The molecule has 0 aliphatic rings. The summed E-state index contributed by atoms with van der Waals surface area (Å²) in [5.74, 6) is 0. The maximum atomic E-state index is 10.9. The van der Waals surface area contributed by atoms with E-state index in [9.17, 15) is 4.57 Å². The Balaban J connectivity index is 2.68. The van der Waals surface area contributed by atoms with Gasteiger partial charge in [0.1, 0.15) is 5.58 Å². The average molecular weight is 201 g/mol. The van der Waals surface area contributed by atoms with Gasteiger partial charge in [-0.1, -0.05) is 17.3 Å². The summed E-state index contributed by atoms with van der Waals surface area (Å²) in [6.45, 7) is 0.